The van der Waals surface area contributed by atoms with E-state index in [4.69, 9.17) is 5.73 Å². The lowest BCUT2D eigenvalue weighted by molar-refractivity contribution is -0.389. The second-order valence-corrected chi connectivity index (χ2v) is 6.21. The third-order valence-electron chi connectivity index (χ3n) is 3.49. The number of nitrogens with zero attached hydrogens (tertiary/aromatic N) is 5. The number of thiazole rings is 1. The Morgan fingerprint density at radius 1 is 1.28 bits per heavy atom. The number of aromatic nitrogens is 3. The van der Waals surface area contributed by atoms with Gasteiger partial charge in [0.2, 0.25) is 5.13 Å². The van der Waals surface area contributed by atoms with Crippen LogP contribution in [0, 0.1) is 20.2 Å². The fourth-order valence-electron chi connectivity index (χ4n) is 2.37. The lowest BCUT2D eigenvalue weighted by Crippen LogP contribution is -2.15. The van der Waals surface area contributed by atoms with E-state index in [0.29, 0.717) is 24.2 Å². The molecule has 2 rings (SSSR count). The highest BCUT2D eigenvalue weighted by Crippen LogP contribution is 2.30. The third kappa shape index (κ3) is 3.96. The number of primary amides is 1. The summed E-state index contributed by atoms with van der Waals surface area (Å²) in [5, 5.41) is 25.7. The van der Waals surface area contributed by atoms with Crippen molar-refractivity contribution in [3.05, 3.63) is 37.7 Å². The summed E-state index contributed by atoms with van der Waals surface area (Å²) in [7, 11) is 0. The number of hydrogen-bond donors (Lipinski definition) is 1. The molecule has 25 heavy (non-hydrogen) atoms. The Morgan fingerprint density at radius 3 is 2.52 bits per heavy atom. The molecule has 0 unspecified atom stereocenters. The number of nitro groups is 2. The van der Waals surface area contributed by atoms with Crippen LogP contribution in [-0.4, -0.2) is 30.5 Å². The van der Waals surface area contributed by atoms with Crippen LogP contribution in [-0.2, 0) is 6.42 Å². The van der Waals surface area contributed by atoms with Gasteiger partial charge in [-0.25, -0.2) is 4.98 Å². The number of nitrogens with two attached hydrogens (primary N) is 1. The number of unbranched alkanes of at least 4 members (excludes halogenated alkanes) is 3. The Morgan fingerprint density at radius 2 is 2.00 bits per heavy atom. The second kappa shape index (κ2) is 7.79. The normalized spacial score (nSPS) is 10.8. The van der Waals surface area contributed by atoms with Crippen molar-refractivity contribution in [1.82, 2.24) is 14.8 Å². The van der Waals surface area contributed by atoms with Gasteiger partial charge in [0.15, 0.2) is 5.56 Å². The fourth-order valence-corrected chi connectivity index (χ4v) is 3.08. The van der Waals surface area contributed by atoms with Gasteiger partial charge >= 0.3 is 10.8 Å². The molecule has 0 aliphatic rings. The first-order valence-electron chi connectivity index (χ1n) is 7.53. The van der Waals surface area contributed by atoms with E-state index in [1.165, 1.54) is 0 Å². The molecule has 12 heteroatoms. The maximum atomic E-state index is 11.7. The average molecular weight is 368 g/mol. The van der Waals surface area contributed by atoms with Gasteiger partial charge in [0.1, 0.15) is 6.20 Å². The number of hydrogen-bond acceptors (Lipinski definition) is 8. The molecule has 2 aromatic heterocycles. The standard InChI is InChI=1S/C13H16N6O5S/c1-2-3-4-5-6-8-10(11(14)20)12(19(23)24)16-17(8)13-15-7-9(25-13)18(21)22/h7H,2-6H2,1H3,(H2,14,20). The Bertz CT molecular complexity index is 814. The minimum absolute atomic E-state index is 0.0767. The van der Waals surface area contributed by atoms with Crippen molar-refractivity contribution >= 4 is 28.1 Å². The number of carbonyl (C=O) groups is 1. The molecule has 0 atom stereocenters. The van der Waals surface area contributed by atoms with Crippen LogP contribution in [0.25, 0.3) is 5.13 Å². The minimum Gasteiger partial charge on any atom is -0.365 e. The average Bonchev–Trinajstić information content (AvgIpc) is 3.15. The first-order valence-corrected chi connectivity index (χ1v) is 8.35. The van der Waals surface area contributed by atoms with Crippen LogP contribution in [0.4, 0.5) is 10.8 Å². The lowest BCUT2D eigenvalue weighted by Gasteiger charge is -2.02. The van der Waals surface area contributed by atoms with Gasteiger partial charge in [-0.1, -0.05) is 26.2 Å². The van der Waals surface area contributed by atoms with Gasteiger partial charge in [0.25, 0.3) is 5.91 Å². The van der Waals surface area contributed by atoms with Gasteiger partial charge in [-0.05, 0) is 29.1 Å². The van der Waals surface area contributed by atoms with Crippen molar-refractivity contribution in [2.75, 3.05) is 0 Å². The molecule has 2 heterocycles. The molecule has 0 aliphatic heterocycles. The van der Waals surface area contributed by atoms with E-state index in [1.807, 2.05) is 6.92 Å². The van der Waals surface area contributed by atoms with E-state index in [-0.39, 0.29) is 21.4 Å². The molecule has 11 nitrogen and oxygen atoms in total. The lowest BCUT2D eigenvalue weighted by atomic mass is 10.1. The van der Waals surface area contributed by atoms with E-state index < -0.39 is 21.6 Å². The highest BCUT2D eigenvalue weighted by molar-refractivity contribution is 7.17. The first kappa shape index (κ1) is 18.4. The van der Waals surface area contributed by atoms with Gasteiger partial charge in [0.05, 0.1) is 15.7 Å². The third-order valence-corrected chi connectivity index (χ3v) is 4.42. The first-order chi connectivity index (χ1) is 11.9. The van der Waals surface area contributed by atoms with E-state index >= 15 is 0 Å². The van der Waals surface area contributed by atoms with Crippen LogP contribution in [0.2, 0.25) is 0 Å². The molecule has 0 saturated carbocycles. The van der Waals surface area contributed by atoms with Crippen LogP contribution in [0.3, 0.4) is 0 Å². The Kier molecular flexibility index (Phi) is 5.75. The molecular weight excluding hydrogens is 352 g/mol. The zero-order chi connectivity index (χ0) is 18.6. The van der Waals surface area contributed by atoms with Gasteiger partial charge < -0.3 is 15.8 Å². The van der Waals surface area contributed by atoms with Crippen molar-refractivity contribution in [1.29, 1.82) is 0 Å². The highest BCUT2D eigenvalue weighted by Gasteiger charge is 2.33. The molecule has 0 aromatic carbocycles. The summed E-state index contributed by atoms with van der Waals surface area (Å²) in [6.45, 7) is 2.04. The molecule has 0 spiro atoms. The Labute approximate surface area is 145 Å². The minimum atomic E-state index is -0.963. The SMILES string of the molecule is CCCCCCc1c(C(N)=O)c([N+](=O)[O-])nn1-c1ncc([N+](=O)[O-])s1. The van der Waals surface area contributed by atoms with Crippen molar-refractivity contribution in [2.45, 2.75) is 39.0 Å². The van der Waals surface area contributed by atoms with Crippen molar-refractivity contribution < 1.29 is 14.6 Å². The predicted molar refractivity (Wildman–Crippen MR) is 88.9 cm³/mol. The molecule has 0 aliphatic carbocycles. The Hall–Kier alpha value is -2.89. The van der Waals surface area contributed by atoms with E-state index in [2.05, 4.69) is 10.1 Å². The van der Waals surface area contributed by atoms with Gasteiger partial charge in [-0.2, -0.15) is 0 Å². The highest BCUT2D eigenvalue weighted by atomic mass is 32.1. The molecule has 2 N–H and O–H groups in total. The second-order valence-electron chi connectivity index (χ2n) is 5.23. The Balaban J connectivity index is 2.51. The maximum absolute atomic E-state index is 11.7. The number of amides is 1. The molecule has 0 saturated heterocycles. The molecule has 2 aromatic rings. The zero-order valence-corrected chi connectivity index (χ0v) is 14.2. The smallest absolute Gasteiger partial charge is 0.365 e. The van der Waals surface area contributed by atoms with Gasteiger partial charge in [-0.3, -0.25) is 14.9 Å². The van der Waals surface area contributed by atoms with Crippen molar-refractivity contribution in [3.8, 4) is 5.13 Å². The molecule has 0 fully saturated rings. The van der Waals surface area contributed by atoms with Crippen LogP contribution in [0.5, 0.6) is 0 Å². The molecule has 0 bridgehead atoms. The topological polar surface area (TPSA) is 160 Å². The fraction of sp³-hybridized carbons (Fsp3) is 0.462. The summed E-state index contributed by atoms with van der Waals surface area (Å²) in [5.41, 5.74) is 5.28. The summed E-state index contributed by atoms with van der Waals surface area (Å²) in [6, 6.07) is 0. The molecule has 0 radical (unpaired) electrons. The summed E-state index contributed by atoms with van der Waals surface area (Å²) in [5.74, 6) is -1.63. The summed E-state index contributed by atoms with van der Waals surface area (Å²) in [6.07, 6.45) is 4.88. The van der Waals surface area contributed by atoms with Gasteiger partial charge in [0, 0.05) is 0 Å². The van der Waals surface area contributed by atoms with Crippen molar-refractivity contribution in [3.63, 3.8) is 0 Å². The van der Waals surface area contributed by atoms with Crippen molar-refractivity contribution in [2.24, 2.45) is 5.73 Å². The van der Waals surface area contributed by atoms with Crippen LogP contribution < -0.4 is 5.73 Å². The van der Waals surface area contributed by atoms with Crippen LogP contribution in [0.15, 0.2) is 6.20 Å². The monoisotopic (exact) mass is 368 g/mol. The largest absolute Gasteiger partial charge is 0.403 e. The summed E-state index contributed by atoms with van der Waals surface area (Å²) >= 11 is 0.713. The molecular formula is C13H16N6O5S. The van der Waals surface area contributed by atoms with Gasteiger partial charge in [-0.15, -0.1) is 4.68 Å². The molecule has 1 amide bonds. The van der Waals surface area contributed by atoms with E-state index in [9.17, 15) is 25.0 Å². The predicted octanol–water partition coefficient (Wildman–Crippen LogP) is 2.37. The summed E-state index contributed by atoms with van der Waals surface area (Å²) < 4.78 is 1.11. The maximum Gasteiger partial charge on any atom is 0.403 e. The number of carbonyl (C=O) groups excluding carboxylic acids is 1. The van der Waals surface area contributed by atoms with Crippen LogP contribution >= 0.6 is 11.3 Å². The number of rotatable bonds is 9. The zero-order valence-electron chi connectivity index (χ0n) is 13.4. The van der Waals surface area contributed by atoms with E-state index in [0.717, 1.165) is 30.1 Å². The summed E-state index contributed by atoms with van der Waals surface area (Å²) in [4.78, 5) is 36.2. The quantitative estimate of drug-likeness (QED) is 0.403. The van der Waals surface area contributed by atoms with Crippen LogP contribution in [0.1, 0.15) is 48.7 Å². The van der Waals surface area contributed by atoms with E-state index in [1.54, 1.807) is 0 Å². The molecule has 134 valence electrons.